The predicted molar refractivity (Wildman–Crippen MR) is 566 cm³/mol. The van der Waals surface area contributed by atoms with Gasteiger partial charge in [0.2, 0.25) is 17.1 Å². The molecule has 0 radical (unpaired) electrons. The number of ether oxygens (including phenoxy) is 4. The van der Waals surface area contributed by atoms with Crippen LogP contribution in [0.25, 0.3) is 69.2 Å². The molecule has 15 nitrogen and oxygen atoms in total. The zero-order valence-corrected chi connectivity index (χ0v) is 87.6. The lowest BCUT2D eigenvalue weighted by Crippen LogP contribution is -2.44. The van der Waals surface area contributed by atoms with Gasteiger partial charge in [-0.3, -0.25) is 0 Å². The van der Waals surface area contributed by atoms with Crippen molar-refractivity contribution in [3.8, 4) is 35.5 Å². The van der Waals surface area contributed by atoms with Crippen LogP contribution in [0.1, 0.15) is 255 Å². The molecule has 1 atom stereocenters. The summed E-state index contributed by atoms with van der Waals surface area (Å²) in [5.41, 5.74) is 10.3. The predicted octanol–water partition coefficient (Wildman–Crippen LogP) is 32.5. The summed E-state index contributed by atoms with van der Waals surface area (Å²) in [6.45, 7) is 84.5. The molecular formula is C112H139N9O6S3Si2. The van der Waals surface area contributed by atoms with Gasteiger partial charge in [0, 0.05) is 137 Å². The molecule has 694 valence electrons. The molecule has 6 heterocycles. The maximum absolute atomic E-state index is 9.64. The van der Waals surface area contributed by atoms with Crippen molar-refractivity contribution < 1.29 is 27.8 Å². The van der Waals surface area contributed by atoms with E-state index in [1.807, 2.05) is 115 Å². The molecule has 0 saturated heterocycles. The van der Waals surface area contributed by atoms with Gasteiger partial charge in [0.25, 0.3) is 16.6 Å². The van der Waals surface area contributed by atoms with Crippen molar-refractivity contribution in [1.82, 2.24) is 0 Å². The fourth-order valence-electron chi connectivity index (χ4n) is 14.5. The van der Waals surface area contributed by atoms with E-state index in [4.69, 9.17) is 47.5 Å². The Labute approximate surface area is 805 Å². The van der Waals surface area contributed by atoms with Gasteiger partial charge in [0.05, 0.1) is 60.7 Å². The van der Waals surface area contributed by atoms with Crippen LogP contribution in [0.5, 0.6) is 17.2 Å². The summed E-state index contributed by atoms with van der Waals surface area (Å²) in [6, 6.07) is 48.7. The maximum atomic E-state index is 9.64. The second-order valence-corrected chi connectivity index (χ2v) is 50.8. The third-order valence-corrected chi connectivity index (χ3v) is 36.3. The van der Waals surface area contributed by atoms with Crippen LogP contribution in [0, 0.1) is 53.7 Å². The molecule has 0 spiro atoms. The minimum atomic E-state index is -2.09. The molecule has 0 saturated carbocycles. The van der Waals surface area contributed by atoms with E-state index in [0.29, 0.717) is 51.1 Å². The van der Waals surface area contributed by atoms with E-state index < -0.39 is 33.4 Å². The van der Waals surface area contributed by atoms with Crippen LogP contribution in [-0.2, 0) is 19.8 Å². The lowest BCUT2D eigenvalue weighted by Gasteiger charge is -2.37. The molecule has 0 bridgehead atoms. The third-order valence-electron chi connectivity index (χ3n) is 24.6. The highest BCUT2D eigenvalue weighted by molar-refractivity contribution is 7.14. The fourth-order valence-corrected chi connectivity index (χ4v) is 19.1. The standard InChI is InChI=1S/C43H53N3O2SSi.C38H51N3O2SSi.C31H35N3O2S/c1-11-13-28-46(29-14-12-2)35-22-20-33(39(30-35)48-50(9,10)42(4,5)6)21-23-36-24-25-37(49-36)26-27-38-40(45-8)41(32(3)31-44)47-43(38,7)34-18-16-15-17-19-34;1-12-14-24-41(25-15-13-2)30-18-16-29(34(26-30)43-45(10,11)37(4,5)6)17-19-31-20-21-32(44-31)22-23-33-35(40-9)36(28(3)27-39)42-38(33,7)8;1-9-34(10-2)24-13-11-23(28(19-24)35-21(3)4)12-14-25-15-16-26(37-25)17-18-27-29(33-8)30(22(5)20-32)36-31(27,6)7/h15-27,30H,11-14,28-29H2,1-7,9-10H3;16-23,26H,12-15,24-25H2,1-8,10-11H3;11-19,21H,9-10H2,1-7H3/b23-21+,27-26+,41-32+;19-17+,23-22+,36-28+;14-12+,18-17+,30-22+. The van der Waals surface area contributed by atoms with E-state index in [0.717, 1.165) is 130 Å². The Bertz CT molecular complexity index is 5850. The van der Waals surface area contributed by atoms with Gasteiger partial charge in [-0.2, -0.15) is 15.8 Å². The molecule has 7 aromatic rings. The number of allylic oxidation sites excluding steroid dienone is 3. The number of nitrogens with zero attached hydrogens (tertiary/aromatic N) is 9. The average Bonchev–Trinajstić information content (AvgIpc) is 1.59. The van der Waals surface area contributed by atoms with Crippen LogP contribution in [0.2, 0.25) is 36.3 Å². The van der Waals surface area contributed by atoms with Crippen LogP contribution < -0.4 is 28.3 Å². The van der Waals surface area contributed by atoms with Gasteiger partial charge in [-0.05, 0) is 278 Å². The number of unbranched alkanes of at least 4 members (excludes halogenated alkanes) is 4. The van der Waals surface area contributed by atoms with Crippen LogP contribution >= 0.6 is 34.0 Å². The molecular weight excluding hydrogens is 1720 g/mol. The SMILES string of the molecule is [C-]#[N+]C1=C(/C=C/c2ccc(/C=C/c3ccc(N(CC)CC)cc3OC(C)C)s2)C(C)(C)O/C1=C(\C)C#N.[C-]#[N+]C1=C(/C=C/c2ccc(/C=C/c3ccc(N(CCCC)CCCC)cc3O[Si](C)(C)C(C)(C)C)s2)C(C)(C)O/C1=C(\C)C#N.[C-]#[N+]C1=C(/C=C/c2ccc(/C=C/c3ccc(N(CCCC)CCCC)cc3O[Si](C)(C)C(C)(C)C)s2)C(C)(c2ccccc2)O/C1=C(\C)C#N. The van der Waals surface area contributed by atoms with Gasteiger partial charge >= 0.3 is 0 Å². The van der Waals surface area contributed by atoms with Crippen molar-refractivity contribution in [2.24, 2.45) is 0 Å². The molecule has 3 aromatic heterocycles. The Morgan fingerprint density at radius 1 is 0.417 bits per heavy atom. The number of hydrogen-bond acceptors (Lipinski definition) is 15. The highest BCUT2D eigenvalue weighted by atomic mass is 32.1. The number of benzene rings is 4. The quantitative estimate of drug-likeness (QED) is 0.0209. The molecule has 0 N–H and O–H groups in total. The molecule has 0 fully saturated rings. The summed E-state index contributed by atoms with van der Waals surface area (Å²) in [5, 5.41) is 28.5. The van der Waals surface area contributed by atoms with Crippen molar-refractivity contribution in [3.63, 3.8) is 0 Å². The summed E-state index contributed by atoms with van der Waals surface area (Å²) >= 11 is 5.03. The average molecular weight is 1860 g/mol. The number of thiophene rings is 3. The Hall–Kier alpha value is -11.6. The molecule has 10 rings (SSSR count). The second kappa shape index (κ2) is 47.7. The first-order chi connectivity index (χ1) is 62.6. The van der Waals surface area contributed by atoms with Gasteiger partial charge in [-0.25, -0.2) is 14.5 Å². The van der Waals surface area contributed by atoms with E-state index in [9.17, 15) is 15.8 Å². The lowest BCUT2D eigenvalue weighted by atomic mass is 9.87. The topological polar surface area (TPSA) is 150 Å². The molecule has 20 heteroatoms. The van der Waals surface area contributed by atoms with Crippen molar-refractivity contribution >= 4 is 122 Å². The highest BCUT2D eigenvalue weighted by Crippen LogP contribution is 2.50. The summed E-state index contributed by atoms with van der Waals surface area (Å²) in [4.78, 5) is 25.1. The van der Waals surface area contributed by atoms with E-state index in [-0.39, 0.29) is 16.2 Å². The number of hydrogen-bond donors (Lipinski definition) is 0. The number of nitriles is 3. The van der Waals surface area contributed by atoms with Gasteiger partial charge in [0.15, 0.2) is 0 Å². The number of rotatable bonds is 36. The van der Waals surface area contributed by atoms with E-state index in [1.54, 1.807) is 54.8 Å². The van der Waals surface area contributed by atoms with Crippen LogP contribution in [0.3, 0.4) is 0 Å². The van der Waals surface area contributed by atoms with Crippen LogP contribution in [0.15, 0.2) is 207 Å². The van der Waals surface area contributed by atoms with Gasteiger partial charge in [-0.1, -0.05) is 143 Å². The molecule has 0 amide bonds. The first-order valence-corrected chi connectivity index (χ1v) is 54.8. The minimum Gasteiger partial charge on any atom is -0.543 e. The fraction of sp³-hybridized carbons (Fsp3) is 0.411. The first kappa shape index (κ1) is 106. The van der Waals surface area contributed by atoms with Crippen molar-refractivity contribution in [2.45, 2.75) is 263 Å². The normalized spacial score (nSPS) is 16.7. The molecule has 132 heavy (non-hydrogen) atoms. The molecule has 3 aliphatic rings. The maximum Gasteiger partial charge on any atom is 0.250 e. The molecule has 0 aliphatic carbocycles. The monoisotopic (exact) mass is 1860 g/mol. The van der Waals surface area contributed by atoms with Gasteiger partial charge in [0.1, 0.15) is 51.3 Å². The summed E-state index contributed by atoms with van der Waals surface area (Å²) < 4.78 is 38.5. The first-order valence-electron chi connectivity index (χ1n) is 46.5. The summed E-state index contributed by atoms with van der Waals surface area (Å²) in [7, 11) is -4.15. The largest absolute Gasteiger partial charge is 0.543 e. The molecule has 3 aliphatic heterocycles. The van der Waals surface area contributed by atoms with Crippen molar-refractivity contribution in [3.05, 3.63) is 293 Å². The Kier molecular flexibility index (Phi) is 38.2. The second-order valence-electron chi connectivity index (χ2n) is 37.9. The third kappa shape index (κ3) is 27.6. The van der Waals surface area contributed by atoms with Crippen LogP contribution in [-0.4, -0.2) is 73.2 Å². The zero-order valence-electron chi connectivity index (χ0n) is 83.2. The summed E-state index contributed by atoms with van der Waals surface area (Å²) in [5.74, 6) is 3.91. The van der Waals surface area contributed by atoms with Gasteiger partial charge < -0.3 is 42.5 Å². The molecule has 4 aromatic carbocycles. The Balaban J connectivity index is 0.000000247. The molecule has 1 unspecified atom stereocenters. The number of anilines is 3. The summed E-state index contributed by atoms with van der Waals surface area (Å²) in [6.07, 6.45) is 34.3. The Morgan fingerprint density at radius 2 is 0.712 bits per heavy atom. The Morgan fingerprint density at radius 3 is 1.02 bits per heavy atom. The van der Waals surface area contributed by atoms with E-state index in [2.05, 4.69) is 284 Å². The van der Waals surface area contributed by atoms with E-state index >= 15 is 0 Å². The zero-order chi connectivity index (χ0) is 97.1. The highest BCUT2D eigenvalue weighted by Gasteiger charge is 2.45. The van der Waals surface area contributed by atoms with Crippen molar-refractivity contribution in [1.29, 1.82) is 15.8 Å². The lowest BCUT2D eigenvalue weighted by molar-refractivity contribution is 0.0749. The van der Waals surface area contributed by atoms with Crippen LogP contribution in [0.4, 0.5) is 17.1 Å². The van der Waals surface area contributed by atoms with E-state index in [1.165, 1.54) is 62.7 Å². The smallest absolute Gasteiger partial charge is 0.250 e. The van der Waals surface area contributed by atoms with Gasteiger partial charge in [-0.15, -0.1) is 34.0 Å². The minimum absolute atomic E-state index is 0.0798. The van der Waals surface area contributed by atoms with Crippen molar-refractivity contribution in [2.75, 3.05) is 54.0 Å².